The Morgan fingerprint density at radius 1 is 1.25 bits per heavy atom. The van der Waals surface area contributed by atoms with E-state index < -0.39 is 5.60 Å². The van der Waals surface area contributed by atoms with Crippen molar-refractivity contribution >= 4 is 0 Å². The first-order valence-electron chi connectivity index (χ1n) is 4.77. The molecule has 0 radical (unpaired) electrons. The molecule has 0 aromatic carbocycles. The van der Waals surface area contributed by atoms with Crippen LogP contribution in [0.25, 0.3) is 0 Å². The zero-order valence-corrected chi connectivity index (χ0v) is 9.02. The van der Waals surface area contributed by atoms with E-state index in [-0.39, 0.29) is 0 Å². The molecule has 12 heavy (non-hydrogen) atoms. The highest BCUT2D eigenvalue weighted by molar-refractivity contribution is 4.72. The number of aliphatic hydroxyl groups is 1. The van der Waals surface area contributed by atoms with Crippen LogP contribution >= 0.6 is 0 Å². The van der Waals surface area contributed by atoms with Gasteiger partial charge in [-0.05, 0) is 33.1 Å². The molecule has 0 aliphatic rings. The SMILES string of the molecule is CC(C)CC(C)NCC(C)(C)O. The predicted molar refractivity (Wildman–Crippen MR) is 53.2 cm³/mol. The van der Waals surface area contributed by atoms with Crippen molar-refractivity contribution < 1.29 is 5.11 Å². The minimum atomic E-state index is -0.592. The maximum Gasteiger partial charge on any atom is 0.0715 e. The molecule has 74 valence electrons. The van der Waals surface area contributed by atoms with Crippen molar-refractivity contribution in [1.82, 2.24) is 5.32 Å². The average molecular weight is 173 g/mol. The quantitative estimate of drug-likeness (QED) is 0.664. The van der Waals surface area contributed by atoms with E-state index in [1.54, 1.807) is 0 Å². The van der Waals surface area contributed by atoms with Crippen LogP contribution in [0.3, 0.4) is 0 Å². The summed E-state index contributed by atoms with van der Waals surface area (Å²) in [6.07, 6.45) is 1.16. The monoisotopic (exact) mass is 173 g/mol. The molecule has 2 N–H and O–H groups in total. The second kappa shape index (κ2) is 4.83. The summed E-state index contributed by atoms with van der Waals surface area (Å²) in [5.41, 5.74) is -0.592. The van der Waals surface area contributed by atoms with Crippen molar-refractivity contribution in [2.45, 2.75) is 52.7 Å². The molecule has 0 bridgehead atoms. The first-order chi connectivity index (χ1) is 5.31. The van der Waals surface area contributed by atoms with Gasteiger partial charge in [0.05, 0.1) is 5.60 Å². The highest BCUT2D eigenvalue weighted by Crippen LogP contribution is 2.05. The molecule has 1 atom stereocenters. The molecule has 0 spiro atoms. The summed E-state index contributed by atoms with van der Waals surface area (Å²) < 4.78 is 0. The lowest BCUT2D eigenvalue weighted by molar-refractivity contribution is 0.0762. The van der Waals surface area contributed by atoms with Crippen LogP contribution < -0.4 is 5.32 Å². The van der Waals surface area contributed by atoms with E-state index in [1.165, 1.54) is 0 Å². The van der Waals surface area contributed by atoms with Gasteiger partial charge in [-0.1, -0.05) is 13.8 Å². The molecule has 0 amide bonds. The fourth-order valence-electron chi connectivity index (χ4n) is 1.21. The van der Waals surface area contributed by atoms with Crippen LogP contribution in [0.2, 0.25) is 0 Å². The maximum absolute atomic E-state index is 9.44. The van der Waals surface area contributed by atoms with Gasteiger partial charge in [0, 0.05) is 12.6 Å². The van der Waals surface area contributed by atoms with Gasteiger partial charge < -0.3 is 10.4 Å². The Kier molecular flexibility index (Phi) is 4.80. The van der Waals surface area contributed by atoms with Crippen LogP contribution in [0.4, 0.5) is 0 Å². The van der Waals surface area contributed by atoms with Crippen molar-refractivity contribution in [3.8, 4) is 0 Å². The van der Waals surface area contributed by atoms with Crippen molar-refractivity contribution in [1.29, 1.82) is 0 Å². The van der Waals surface area contributed by atoms with E-state index >= 15 is 0 Å². The van der Waals surface area contributed by atoms with E-state index in [2.05, 4.69) is 26.1 Å². The number of hydrogen-bond acceptors (Lipinski definition) is 2. The Bertz CT molecular complexity index is 115. The third kappa shape index (κ3) is 8.02. The van der Waals surface area contributed by atoms with Crippen LogP contribution in [0, 0.1) is 5.92 Å². The Morgan fingerprint density at radius 2 is 1.75 bits per heavy atom. The lowest BCUT2D eigenvalue weighted by Gasteiger charge is -2.22. The fourth-order valence-corrected chi connectivity index (χ4v) is 1.21. The van der Waals surface area contributed by atoms with Gasteiger partial charge in [-0.15, -0.1) is 0 Å². The van der Waals surface area contributed by atoms with Crippen LogP contribution in [0.5, 0.6) is 0 Å². The van der Waals surface area contributed by atoms with Gasteiger partial charge in [0.1, 0.15) is 0 Å². The molecule has 1 unspecified atom stereocenters. The van der Waals surface area contributed by atoms with E-state index in [1.807, 2.05) is 13.8 Å². The molecule has 2 heteroatoms. The lowest BCUT2D eigenvalue weighted by Crippen LogP contribution is -2.39. The molecular formula is C10H23NO. The summed E-state index contributed by atoms with van der Waals surface area (Å²) in [4.78, 5) is 0. The van der Waals surface area contributed by atoms with E-state index in [0.29, 0.717) is 18.5 Å². The summed E-state index contributed by atoms with van der Waals surface area (Å²) in [5, 5.41) is 12.7. The molecule has 0 aliphatic heterocycles. The summed E-state index contributed by atoms with van der Waals surface area (Å²) >= 11 is 0. The third-order valence-electron chi connectivity index (χ3n) is 1.71. The summed E-state index contributed by atoms with van der Waals surface area (Å²) in [7, 11) is 0. The highest BCUT2D eigenvalue weighted by atomic mass is 16.3. The van der Waals surface area contributed by atoms with Crippen molar-refractivity contribution in [3.05, 3.63) is 0 Å². The molecule has 0 saturated carbocycles. The molecule has 0 fully saturated rings. The first kappa shape index (κ1) is 11.9. The van der Waals surface area contributed by atoms with Gasteiger partial charge in [0.25, 0.3) is 0 Å². The highest BCUT2D eigenvalue weighted by Gasteiger charge is 2.13. The van der Waals surface area contributed by atoms with Gasteiger partial charge in [0.15, 0.2) is 0 Å². The van der Waals surface area contributed by atoms with Crippen LogP contribution in [-0.4, -0.2) is 23.3 Å². The van der Waals surface area contributed by atoms with Crippen LogP contribution in [0.15, 0.2) is 0 Å². The third-order valence-corrected chi connectivity index (χ3v) is 1.71. The van der Waals surface area contributed by atoms with Crippen molar-refractivity contribution in [3.63, 3.8) is 0 Å². The van der Waals surface area contributed by atoms with Crippen LogP contribution in [0.1, 0.15) is 41.0 Å². The molecule has 0 heterocycles. The summed E-state index contributed by atoms with van der Waals surface area (Å²) in [6, 6.07) is 0.497. The summed E-state index contributed by atoms with van der Waals surface area (Å²) in [6.45, 7) is 10.9. The lowest BCUT2D eigenvalue weighted by atomic mass is 10.0. The molecule has 0 saturated heterocycles. The van der Waals surface area contributed by atoms with Gasteiger partial charge in [0.2, 0.25) is 0 Å². The standard InChI is InChI=1S/C10H23NO/c1-8(2)6-9(3)11-7-10(4,5)12/h8-9,11-12H,6-7H2,1-5H3. The predicted octanol–water partition coefficient (Wildman–Crippen LogP) is 1.78. The molecule has 2 nitrogen and oxygen atoms in total. The minimum absolute atomic E-state index is 0.497. The van der Waals surface area contributed by atoms with Gasteiger partial charge >= 0.3 is 0 Å². The molecule has 0 rings (SSSR count). The van der Waals surface area contributed by atoms with Gasteiger partial charge in [-0.3, -0.25) is 0 Å². The zero-order chi connectivity index (χ0) is 9.78. The molecule has 0 aromatic rings. The fraction of sp³-hybridized carbons (Fsp3) is 1.00. The summed E-state index contributed by atoms with van der Waals surface area (Å²) in [5.74, 6) is 0.717. The van der Waals surface area contributed by atoms with Crippen molar-refractivity contribution in [2.75, 3.05) is 6.54 Å². The minimum Gasteiger partial charge on any atom is -0.389 e. The Balaban J connectivity index is 3.51. The Morgan fingerprint density at radius 3 is 2.08 bits per heavy atom. The number of hydrogen-bond donors (Lipinski definition) is 2. The van der Waals surface area contributed by atoms with E-state index in [0.717, 1.165) is 6.42 Å². The average Bonchev–Trinajstić information content (AvgIpc) is 1.80. The Labute approximate surface area is 76.4 Å². The maximum atomic E-state index is 9.44. The molecular weight excluding hydrogens is 150 g/mol. The zero-order valence-electron chi connectivity index (χ0n) is 9.02. The van der Waals surface area contributed by atoms with Crippen molar-refractivity contribution in [2.24, 2.45) is 5.92 Å². The van der Waals surface area contributed by atoms with Gasteiger partial charge in [-0.25, -0.2) is 0 Å². The second-order valence-electron chi connectivity index (χ2n) is 4.72. The Hall–Kier alpha value is -0.0800. The second-order valence-corrected chi connectivity index (χ2v) is 4.72. The number of nitrogens with one attached hydrogen (secondary N) is 1. The van der Waals surface area contributed by atoms with Gasteiger partial charge in [-0.2, -0.15) is 0 Å². The first-order valence-corrected chi connectivity index (χ1v) is 4.77. The van der Waals surface area contributed by atoms with E-state index in [4.69, 9.17) is 0 Å². The molecule has 0 aliphatic carbocycles. The topological polar surface area (TPSA) is 32.3 Å². The number of rotatable bonds is 5. The normalized spacial score (nSPS) is 15.2. The largest absolute Gasteiger partial charge is 0.389 e. The van der Waals surface area contributed by atoms with Crippen LogP contribution in [-0.2, 0) is 0 Å². The smallest absolute Gasteiger partial charge is 0.0715 e. The molecule has 0 aromatic heterocycles. The van der Waals surface area contributed by atoms with E-state index in [9.17, 15) is 5.11 Å².